The molecule has 1 aliphatic heterocycles. The molecule has 3 heterocycles. The Bertz CT molecular complexity index is 1950. The maximum atomic E-state index is 13.6. The molecule has 4 aromatic rings. The number of methoxy groups -OCH3 is 1. The Morgan fingerprint density at radius 3 is 2.36 bits per heavy atom. The summed E-state index contributed by atoms with van der Waals surface area (Å²) in [6.07, 6.45) is 9.51. The van der Waals surface area contributed by atoms with E-state index in [2.05, 4.69) is 79.2 Å². The van der Waals surface area contributed by atoms with Gasteiger partial charge in [0.25, 0.3) is 0 Å². The van der Waals surface area contributed by atoms with Crippen molar-refractivity contribution in [2.45, 2.75) is 70.4 Å². The summed E-state index contributed by atoms with van der Waals surface area (Å²) >= 11 is 0. The van der Waals surface area contributed by atoms with Gasteiger partial charge in [-0.2, -0.15) is 0 Å². The highest BCUT2D eigenvalue weighted by Crippen LogP contribution is 2.35. The number of anilines is 1. The number of alkyl carbamates (subject to hydrolysis) is 1. The van der Waals surface area contributed by atoms with Gasteiger partial charge >= 0.3 is 6.09 Å². The van der Waals surface area contributed by atoms with Crippen molar-refractivity contribution >= 4 is 17.7 Å². The molecule has 0 spiro atoms. The van der Waals surface area contributed by atoms with E-state index in [0.29, 0.717) is 12.5 Å². The number of ether oxygens (including phenoxy) is 1. The van der Waals surface area contributed by atoms with Crippen molar-refractivity contribution in [2.75, 3.05) is 32.6 Å². The van der Waals surface area contributed by atoms with Gasteiger partial charge in [-0.1, -0.05) is 50.8 Å². The number of amides is 2. The molecular weight excluding hydrogens is 626 g/mol. The molecule has 1 saturated carbocycles. The van der Waals surface area contributed by atoms with Gasteiger partial charge in [-0.3, -0.25) is 4.79 Å². The van der Waals surface area contributed by atoms with Gasteiger partial charge in [0.15, 0.2) is 0 Å². The molecule has 0 bridgehead atoms. The summed E-state index contributed by atoms with van der Waals surface area (Å²) in [5.41, 5.74) is 6.57. The van der Waals surface area contributed by atoms with E-state index in [4.69, 9.17) is 9.72 Å². The molecule has 50 heavy (non-hydrogen) atoms. The summed E-state index contributed by atoms with van der Waals surface area (Å²) in [4.78, 5) is 45.7. The van der Waals surface area contributed by atoms with E-state index in [0.717, 1.165) is 63.8 Å². The Kier molecular flexibility index (Phi) is 10.6. The number of hydrogen-bond donors (Lipinski definition) is 3. The zero-order valence-electron chi connectivity index (χ0n) is 29.5. The maximum absolute atomic E-state index is 13.6. The van der Waals surface area contributed by atoms with E-state index < -0.39 is 12.1 Å². The number of hydrogen-bond acceptors (Lipinski definition) is 6. The molecule has 2 atom stereocenters. The first-order valence-electron chi connectivity index (χ1n) is 17.4. The molecule has 258 valence electrons. The van der Waals surface area contributed by atoms with E-state index in [1.807, 2.05) is 51.2 Å². The minimum Gasteiger partial charge on any atom is -0.453 e. The van der Waals surface area contributed by atoms with Crippen LogP contribution < -0.4 is 10.2 Å². The van der Waals surface area contributed by atoms with E-state index in [1.165, 1.54) is 32.8 Å². The highest BCUT2D eigenvalue weighted by molar-refractivity contribution is 5.86. The Balaban J connectivity index is 1.26. The van der Waals surface area contributed by atoms with Gasteiger partial charge in [-0.15, -0.1) is 0 Å². The molecule has 10 nitrogen and oxygen atoms in total. The van der Waals surface area contributed by atoms with Gasteiger partial charge in [0, 0.05) is 43.4 Å². The van der Waals surface area contributed by atoms with Crippen LogP contribution in [-0.4, -0.2) is 70.6 Å². The summed E-state index contributed by atoms with van der Waals surface area (Å²) < 4.78 is 4.78. The van der Waals surface area contributed by atoms with Crippen molar-refractivity contribution in [2.24, 2.45) is 5.92 Å². The summed E-state index contributed by atoms with van der Waals surface area (Å²) in [5.74, 6) is 14.5. The summed E-state index contributed by atoms with van der Waals surface area (Å²) in [6, 6.07) is 13.7. The number of nitrogens with zero attached hydrogens (tertiary/aromatic N) is 4. The van der Waals surface area contributed by atoms with Crippen LogP contribution >= 0.6 is 0 Å². The molecular formula is C40H45N7O3. The van der Waals surface area contributed by atoms with Crippen LogP contribution in [0, 0.1) is 29.6 Å². The van der Waals surface area contributed by atoms with Crippen LogP contribution in [0.2, 0.25) is 0 Å². The van der Waals surface area contributed by atoms with Gasteiger partial charge in [0.1, 0.15) is 23.4 Å². The minimum absolute atomic E-state index is 0.104. The van der Waals surface area contributed by atoms with Crippen molar-refractivity contribution in [1.29, 1.82) is 0 Å². The van der Waals surface area contributed by atoms with E-state index in [-0.39, 0.29) is 17.9 Å². The standard InChI is InChI=1S/C40H45N7O3/c1-26(2)36(45-40(49)50-5)39(48)47-22-10-15-35(47)38-42-25-34(44-38)30-17-16-27(33(23-30)28-18-20-32(21-19-28)46(3)4)11-8-9-14-31-24-41-37(43-31)29-12-6-7-13-29/h16-21,23-26,29,35-36H,6-7,10,12-13,15,22H2,1-5H3,(H,41,43)(H,42,44)(H,45,49)/t35-,36-/m0/s1. The smallest absolute Gasteiger partial charge is 0.407 e. The zero-order chi connectivity index (χ0) is 35.2. The van der Waals surface area contributed by atoms with E-state index >= 15 is 0 Å². The Morgan fingerprint density at radius 2 is 1.64 bits per heavy atom. The van der Waals surface area contributed by atoms with Gasteiger partial charge in [-0.05, 0) is 84.8 Å². The molecule has 1 saturated heterocycles. The highest BCUT2D eigenvalue weighted by Gasteiger charge is 2.37. The maximum Gasteiger partial charge on any atom is 0.407 e. The lowest BCUT2D eigenvalue weighted by atomic mass is 9.96. The van der Waals surface area contributed by atoms with Crippen LogP contribution in [-0.2, 0) is 9.53 Å². The number of imidazole rings is 2. The topological polar surface area (TPSA) is 119 Å². The molecule has 2 aromatic carbocycles. The summed E-state index contributed by atoms with van der Waals surface area (Å²) in [7, 11) is 5.34. The van der Waals surface area contributed by atoms with Crippen molar-refractivity contribution in [3.63, 3.8) is 0 Å². The second-order valence-corrected chi connectivity index (χ2v) is 13.6. The lowest BCUT2D eigenvalue weighted by Gasteiger charge is -2.30. The van der Waals surface area contributed by atoms with Crippen LogP contribution in [0.4, 0.5) is 10.5 Å². The first kappa shape index (κ1) is 34.4. The second-order valence-electron chi connectivity index (χ2n) is 13.6. The molecule has 2 aliphatic rings. The Labute approximate surface area is 294 Å². The molecule has 2 aromatic heterocycles. The van der Waals surface area contributed by atoms with Gasteiger partial charge in [0.05, 0.1) is 31.2 Å². The fourth-order valence-corrected chi connectivity index (χ4v) is 6.85. The van der Waals surface area contributed by atoms with E-state index in [1.54, 1.807) is 6.20 Å². The predicted molar refractivity (Wildman–Crippen MR) is 195 cm³/mol. The minimum atomic E-state index is -0.689. The first-order valence-corrected chi connectivity index (χ1v) is 17.4. The van der Waals surface area contributed by atoms with E-state index in [9.17, 15) is 9.59 Å². The highest BCUT2D eigenvalue weighted by atomic mass is 16.5. The van der Waals surface area contributed by atoms with Crippen molar-refractivity contribution in [3.8, 4) is 46.1 Å². The van der Waals surface area contributed by atoms with Crippen LogP contribution in [0.3, 0.4) is 0 Å². The van der Waals surface area contributed by atoms with Crippen molar-refractivity contribution in [1.82, 2.24) is 30.2 Å². The predicted octanol–water partition coefficient (Wildman–Crippen LogP) is 6.64. The normalized spacial score (nSPS) is 16.4. The monoisotopic (exact) mass is 671 g/mol. The molecule has 10 heteroatoms. The molecule has 1 aliphatic carbocycles. The van der Waals surface area contributed by atoms with Crippen molar-refractivity contribution < 1.29 is 14.3 Å². The number of carbonyl (C=O) groups excluding carboxylic acids is 2. The second kappa shape index (κ2) is 15.4. The lowest BCUT2D eigenvalue weighted by Crippen LogP contribution is -2.51. The third-order valence-electron chi connectivity index (χ3n) is 9.66. The number of rotatable bonds is 8. The SMILES string of the molecule is COC(=O)N[C@H](C(=O)N1CCC[C@H]1c1ncc(-c2ccc(C#CC#Cc3cnc(C4CCCC4)[nH]3)c(-c3ccc(N(C)C)cc3)c2)[nH]1)C(C)C. The fourth-order valence-electron chi connectivity index (χ4n) is 6.85. The molecule has 2 fully saturated rings. The summed E-state index contributed by atoms with van der Waals surface area (Å²) in [6.45, 7) is 4.41. The number of aromatic amines is 2. The van der Waals surface area contributed by atoms with Crippen LogP contribution in [0.1, 0.15) is 87.2 Å². The third kappa shape index (κ3) is 7.71. The largest absolute Gasteiger partial charge is 0.453 e. The quantitative estimate of drug-likeness (QED) is 0.181. The lowest BCUT2D eigenvalue weighted by molar-refractivity contribution is -0.135. The van der Waals surface area contributed by atoms with Crippen LogP contribution in [0.5, 0.6) is 0 Å². The van der Waals surface area contributed by atoms with Gasteiger partial charge in [0.2, 0.25) is 5.91 Å². The number of carbonyl (C=O) groups is 2. The first-order chi connectivity index (χ1) is 24.2. The number of H-pyrrole nitrogens is 2. The third-order valence-corrected chi connectivity index (χ3v) is 9.66. The number of aromatic nitrogens is 4. The fraction of sp³-hybridized carbons (Fsp3) is 0.400. The average molecular weight is 672 g/mol. The molecule has 2 amide bonds. The number of likely N-dealkylation sites (tertiary alicyclic amines) is 1. The zero-order valence-corrected chi connectivity index (χ0v) is 29.5. The molecule has 0 unspecified atom stereocenters. The molecule has 6 rings (SSSR count). The van der Waals surface area contributed by atoms with Crippen LogP contribution in [0.25, 0.3) is 22.4 Å². The number of nitrogens with one attached hydrogen (secondary N) is 3. The number of benzene rings is 2. The van der Waals surface area contributed by atoms with Gasteiger partial charge in [-0.25, -0.2) is 14.8 Å². The molecule has 3 N–H and O–H groups in total. The van der Waals surface area contributed by atoms with Crippen LogP contribution in [0.15, 0.2) is 54.9 Å². The van der Waals surface area contributed by atoms with Gasteiger partial charge < -0.3 is 29.8 Å². The Hall–Kier alpha value is -5.48. The average Bonchev–Trinajstić information content (AvgIpc) is 3.95. The molecule has 0 radical (unpaired) electrons. The van der Waals surface area contributed by atoms with Crippen molar-refractivity contribution in [3.05, 3.63) is 77.8 Å². The Morgan fingerprint density at radius 1 is 0.920 bits per heavy atom. The summed E-state index contributed by atoms with van der Waals surface area (Å²) in [5, 5.41) is 2.71.